The predicted octanol–water partition coefficient (Wildman–Crippen LogP) is 5.68. The molecule has 1 atom stereocenters. The van der Waals surface area contributed by atoms with Gasteiger partial charge in [0.2, 0.25) is 0 Å². The van der Waals surface area contributed by atoms with Crippen LogP contribution in [0.2, 0.25) is 0 Å². The molecular weight excluding hydrogens is 273 g/mol. The van der Waals surface area contributed by atoms with Crippen LogP contribution in [0, 0.1) is 5.82 Å². The smallest absolute Gasteiger partial charge is 0.123 e. The van der Waals surface area contributed by atoms with Crippen molar-refractivity contribution in [3.63, 3.8) is 0 Å². The van der Waals surface area contributed by atoms with Crippen molar-refractivity contribution < 1.29 is 9.87 Å². The molecule has 2 aromatic carbocycles. The Bertz CT molecular complexity index is 903. The van der Waals surface area contributed by atoms with E-state index in [1.165, 1.54) is 19.1 Å². The zero-order valence-corrected chi connectivity index (χ0v) is 12.2. The van der Waals surface area contributed by atoms with Gasteiger partial charge >= 0.3 is 0 Å². The molecule has 1 nitrogen and oxygen atoms in total. The van der Waals surface area contributed by atoms with E-state index in [2.05, 4.69) is 4.98 Å². The molecule has 2 heteroatoms. The van der Waals surface area contributed by atoms with Crippen LogP contribution >= 0.6 is 0 Å². The maximum absolute atomic E-state index is 13.3. The van der Waals surface area contributed by atoms with E-state index in [1.54, 1.807) is 24.4 Å². The number of halogens is 1. The second-order valence-electron chi connectivity index (χ2n) is 5.11. The second-order valence-corrected chi connectivity index (χ2v) is 5.11. The van der Waals surface area contributed by atoms with Crippen molar-refractivity contribution in [2.75, 3.05) is 0 Å². The van der Waals surface area contributed by atoms with E-state index in [0.29, 0.717) is 22.4 Å². The Kier molecular flexibility index (Phi) is 2.85. The van der Waals surface area contributed by atoms with Gasteiger partial charge in [0.05, 0.1) is 5.69 Å². The number of pyridine rings is 1. The van der Waals surface area contributed by atoms with Crippen molar-refractivity contribution in [3.8, 4) is 22.4 Å². The molecule has 0 fully saturated rings. The third-order valence-electron chi connectivity index (χ3n) is 3.53. The highest BCUT2D eigenvalue weighted by Crippen LogP contribution is 2.31. The van der Waals surface area contributed by atoms with Gasteiger partial charge in [0.15, 0.2) is 0 Å². The number of benzene rings is 2. The number of hydrogen-bond donors (Lipinski definition) is 0. The first-order valence-electron chi connectivity index (χ1n) is 9.02. The van der Waals surface area contributed by atoms with E-state index in [1.807, 2.05) is 30.3 Å². The molecule has 3 rings (SSSR count). The van der Waals surface area contributed by atoms with Crippen molar-refractivity contribution in [1.82, 2.24) is 4.98 Å². The summed E-state index contributed by atoms with van der Waals surface area (Å²) in [5, 5.41) is 0. The summed E-state index contributed by atoms with van der Waals surface area (Å²) in [5.74, 6) is -2.22. The largest absolute Gasteiger partial charge is 0.256 e. The van der Waals surface area contributed by atoms with Crippen LogP contribution in [0.4, 0.5) is 4.39 Å². The molecule has 1 unspecified atom stereocenters. The SMILES string of the molecule is [2H]C([2H])([2H])C([2H])(C)c1cc(-c2ccccc2)ncc1-c1ccc(F)cc1. The monoisotopic (exact) mass is 295 g/mol. The lowest BCUT2D eigenvalue weighted by Gasteiger charge is -2.14. The Balaban J connectivity index is 2.23. The minimum absolute atomic E-state index is 0.331. The number of aromatic nitrogens is 1. The Morgan fingerprint density at radius 1 is 1.05 bits per heavy atom. The number of nitrogens with zero attached hydrogens (tertiary/aromatic N) is 1. The highest BCUT2D eigenvalue weighted by Gasteiger charge is 2.11. The van der Waals surface area contributed by atoms with Gasteiger partial charge in [-0.3, -0.25) is 4.98 Å². The van der Waals surface area contributed by atoms with Crippen molar-refractivity contribution in [2.24, 2.45) is 0 Å². The van der Waals surface area contributed by atoms with Crippen LogP contribution in [0.1, 0.15) is 30.7 Å². The van der Waals surface area contributed by atoms with Gasteiger partial charge in [-0.15, -0.1) is 0 Å². The van der Waals surface area contributed by atoms with Crippen LogP contribution in [0.3, 0.4) is 0 Å². The van der Waals surface area contributed by atoms with Crippen LogP contribution in [-0.4, -0.2) is 4.98 Å². The minimum Gasteiger partial charge on any atom is -0.256 e. The maximum atomic E-state index is 13.3. The number of hydrogen-bond acceptors (Lipinski definition) is 1. The average Bonchev–Trinajstić information content (AvgIpc) is 2.62. The summed E-state index contributed by atoms with van der Waals surface area (Å²) >= 11 is 0. The molecule has 0 aliphatic carbocycles. The van der Waals surface area contributed by atoms with Gasteiger partial charge in [0.25, 0.3) is 0 Å². The molecule has 0 bridgehead atoms. The van der Waals surface area contributed by atoms with E-state index in [4.69, 9.17) is 5.48 Å². The Morgan fingerprint density at radius 2 is 1.77 bits per heavy atom. The van der Waals surface area contributed by atoms with Gasteiger partial charge in [-0.2, -0.15) is 0 Å². The molecule has 0 spiro atoms. The molecule has 1 aromatic heterocycles. The third kappa shape index (κ3) is 2.91. The summed E-state index contributed by atoms with van der Waals surface area (Å²) in [7, 11) is 0. The fourth-order valence-electron chi connectivity index (χ4n) is 2.39. The summed E-state index contributed by atoms with van der Waals surface area (Å²) in [6, 6.07) is 16.8. The molecule has 0 aliphatic rings. The van der Waals surface area contributed by atoms with Crippen molar-refractivity contribution >= 4 is 0 Å². The van der Waals surface area contributed by atoms with Crippen LogP contribution in [0.5, 0.6) is 0 Å². The lowest BCUT2D eigenvalue weighted by molar-refractivity contribution is 0.628. The lowest BCUT2D eigenvalue weighted by atomic mass is 9.92. The van der Waals surface area contributed by atoms with Crippen molar-refractivity contribution in [2.45, 2.75) is 19.7 Å². The maximum Gasteiger partial charge on any atom is 0.123 e. The summed E-state index contributed by atoms with van der Waals surface area (Å²) in [6.07, 6.45) is 1.56. The zero-order chi connectivity index (χ0) is 18.9. The van der Waals surface area contributed by atoms with Crippen LogP contribution < -0.4 is 0 Å². The first-order chi connectivity index (χ1) is 12.2. The van der Waals surface area contributed by atoms with Gasteiger partial charge in [-0.1, -0.05) is 56.2 Å². The molecular formula is C20H18FN. The highest BCUT2D eigenvalue weighted by molar-refractivity contribution is 5.71. The Labute approximate surface area is 136 Å². The molecule has 0 N–H and O–H groups in total. The average molecular weight is 295 g/mol. The standard InChI is InChI=1S/C20H18FN/c1-14(2)18-12-20(16-6-4-3-5-7-16)22-13-19(18)15-8-10-17(21)11-9-15/h3-14H,1-2H3/i1D3,14D. The third-order valence-corrected chi connectivity index (χ3v) is 3.53. The van der Waals surface area contributed by atoms with E-state index in [-0.39, 0.29) is 5.82 Å². The summed E-state index contributed by atoms with van der Waals surface area (Å²) < 4.78 is 45.2. The first kappa shape index (κ1) is 10.3. The normalized spacial score (nSPS) is 16.8. The predicted molar refractivity (Wildman–Crippen MR) is 89.2 cm³/mol. The van der Waals surface area contributed by atoms with Crippen LogP contribution in [-0.2, 0) is 0 Å². The van der Waals surface area contributed by atoms with E-state index < -0.39 is 12.7 Å². The minimum atomic E-state index is -2.53. The first-order valence-corrected chi connectivity index (χ1v) is 7.02. The van der Waals surface area contributed by atoms with Gasteiger partial charge in [-0.05, 0) is 35.2 Å². The topological polar surface area (TPSA) is 12.9 Å². The molecule has 0 aliphatic heterocycles. The highest BCUT2D eigenvalue weighted by atomic mass is 19.1. The van der Waals surface area contributed by atoms with E-state index in [0.717, 1.165) is 5.56 Å². The fraction of sp³-hybridized carbons (Fsp3) is 0.150. The molecule has 22 heavy (non-hydrogen) atoms. The van der Waals surface area contributed by atoms with Crippen LogP contribution in [0.25, 0.3) is 22.4 Å². The molecule has 110 valence electrons. The van der Waals surface area contributed by atoms with E-state index >= 15 is 0 Å². The van der Waals surface area contributed by atoms with Crippen LogP contribution in [0.15, 0.2) is 66.9 Å². The lowest BCUT2D eigenvalue weighted by Crippen LogP contribution is -1.96. The molecule has 1 heterocycles. The van der Waals surface area contributed by atoms with Crippen molar-refractivity contribution in [1.29, 1.82) is 0 Å². The Morgan fingerprint density at radius 3 is 2.45 bits per heavy atom. The molecule has 0 amide bonds. The van der Waals surface area contributed by atoms with Crippen molar-refractivity contribution in [3.05, 3.63) is 78.2 Å². The van der Waals surface area contributed by atoms with Gasteiger partial charge < -0.3 is 0 Å². The fourth-order valence-corrected chi connectivity index (χ4v) is 2.39. The second kappa shape index (κ2) is 6.10. The quantitative estimate of drug-likeness (QED) is 0.606. The summed E-state index contributed by atoms with van der Waals surface area (Å²) in [6.45, 7) is -1.16. The van der Waals surface area contributed by atoms with Gasteiger partial charge in [-0.25, -0.2) is 4.39 Å². The van der Waals surface area contributed by atoms with E-state index in [9.17, 15) is 4.39 Å². The Hall–Kier alpha value is -2.48. The zero-order valence-electron chi connectivity index (χ0n) is 16.2. The molecule has 3 aromatic rings. The summed E-state index contributed by atoms with van der Waals surface area (Å²) in [5.41, 5.74) is 2.89. The molecule has 0 saturated carbocycles. The van der Waals surface area contributed by atoms with Gasteiger partial charge in [0, 0.05) is 22.8 Å². The molecule has 0 saturated heterocycles. The number of rotatable bonds is 3. The molecule has 0 radical (unpaired) electrons. The van der Waals surface area contributed by atoms with Gasteiger partial charge in [0.1, 0.15) is 5.82 Å². The summed E-state index contributed by atoms with van der Waals surface area (Å²) in [4.78, 5) is 4.44.